The summed E-state index contributed by atoms with van der Waals surface area (Å²) < 4.78 is 0. The lowest BCUT2D eigenvalue weighted by molar-refractivity contribution is 0.904. The number of rotatable bonds is 4. The number of thioether (sulfide) groups is 1. The number of hydrogen-bond donors (Lipinski definition) is 1. The van der Waals surface area contributed by atoms with Crippen molar-refractivity contribution in [1.29, 1.82) is 0 Å². The van der Waals surface area contributed by atoms with Crippen molar-refractivity contribution in [3.8, 4) is 0 Å². The summed E-state index contributed by atoms with van der Waals surface area (Å²) in [6, 6.07) is 6.50. The van der Waals surface area contributed by atoms with Gasteiger partial charge in [0.2, 0.25) is 0 Å². The van der Waals surface area contributed by atoms with Gasteiger partial charge in [-0.2, -0.15) is 0 Å². The molecule has 0 aromatic heterocycles. The van der Waals surface area contributed by atoms with Gasteiger partial charge in [0.25, 0.3) is 0 Å². The van der Waals surface area contributed by atoms with Gasteiger partial charge in [-0.15, -0.1) is 11.8 Å². The van der Waals surface area contributed by atoms with Crippen LogP contribution in [0.25, 0.3) is 0 Å². The lowest BCUT2D eigenvalue weighted by Gasteiger charge is -2.11. The summed E-state index contributed by atoms with van der Waals surface area (Å²) in [5.74, 6) is 0. The highest BCUT2D eigenvalue weighted by atomic mass is 32.2. The predicted octanol–water partition coefficient (Wildman–Crippen LogP) is 3.34. The molecule has 0 amide bonds. The second-order valence-corrected chi connectivity index (χ2v) is 5.12. The smallest absolute Gasteiger partial charge is 0.0178 e. The van der Waals surface area contributed by atoms with Crippen LogP contribution in [-0.2, 0) is 6.54 Å². The van der Waals surface area contributed by atoms with Gasteiger partial charge in [0.05, 0.1) is 0 Å². The molecular weight excluding hydrogens is 190 g/mol. The molecule has 1 aromatic carbocycles. The SMILES string of the molecule is CCC(C)Sc1ccc(CN)cc1C. The van der Waals surface area contributed by atoms with Crippen molar-refractivity contribution in [1.82, 2.24) is 0 Å². The van der Waals surface area contributed by atoms with E-state index in [-0.39, 0.29) is 0 Å². The first-order valence-electron chi connectivity index (χ1n) is 5.13. The van der Waals surface area contributed by atoms with E-state index in [9.17, 15) is 0 Å². The fraction of sp³-hybridized carbons (Fsp3) is 0.500. The van der Waals surface area contributed by atoms with Crippen LogP contribution in [0, 0.1) is 6.92 Å². The van der Waals surface area contributed by atoms with E-state index in [1.807, 2.05) is 11.8 Å². The number of hydrogen-bond acceptors (Lipinski definition) is 2. The lowest BCUT2D eigenvalue weighted by atomic mass is 10.1. The Balaban J connectivity index is 2.78. The molecule has 1 unspecified atom stereocenters. The minimum atomic E-state index is 0.634. The Morgan fingerprint density at radius 1 is 1.43 bits per heavy atom. The average Bonchev–Trinajstić information content (AvgIpc) is 2.20. The fourth-order valence-corrected chi connectivity index (χ4v) is 2.26. The zero-order valence-electron chi connectivity index (χ0n) is 9.21. The highest BCUT2D eigenvalue weighted by Crippen LogP contribution is 2.28. The highest BCUT2D eigenvalue weighted by Gasteiger charge is 2.04. The molecule has 0 spiro atoms. The van der Waals surface area contributed by atoms with E-state index >= 15 is 0 Å². The van der Waals surface area contributed by atoms with Crippen molar-refractivity contribution in [2.75, 3.05) is 0 Å². The van der Waals surface area contributed by atoms with E-state index < -0.39 is 0 Å². The largest absolute Gasteiger partial charge is 0.326 e. The molecule has 0 heterocycles. The predicted molar refractivity (Wildman–Crippen MR) is 64.7 cm³/mol. The zero-order chi connectivity index (χ0) is 10.6. The van der Waals surface area contributed by atoms with Crippen molar-refractivity contribution in [3.05, 3.63) is 29.3 Å². The standard InChI is InChI=1S/C12H19NS/c1-4-10(3)14-12-6-5-11(8-13)7-9(12)2/h5-7,10H,4,8,13H2,1-3H3. The van der Waals surface area contributed by atoms with E-state index in [4.69, 9.17) is 5.73 Å². The molecule has 2 N–H and O–H groups in total. The molecule has 0 bridgehead atoms. The van der Waals surface area contributed by atoms with Crippen molar-refractivity contribution >= 4 is 11.8 Å². The van der Waals surface area contributed by atoms with Crippen LogP contribution in [0.1, 0.15) is 31.4 Å². The molecule has 78 valence electrons. The molecule has 1 rings (SSSR count). The van der Waals surface area contributed by atoms with Crippen LogP contribution in [-0.4, -0.2) is 5.25 Å². The van der Waals surface area contributed by atoms with Crippen LogP contribution in [0.4, 0.5) is 0 Å². The first kappa shape index (κ1) is 11.6. The van der Waals surface area contributed by atoms with Crippen molar-refractivity contribution in [3.63, 3.8) is 0 Å². The Kier molecular flexibility index (Phi) is 4.49. The van der Waals surface area contributed by atoms with Crippen molar-refractivity contribution < 1.29 is 0 Å². The van der Waals surface area contributed by atoms with Gasteiger partial charge in [-0.05, 0) is 30.5 Å². The summed E-state index contributed by atoms with van der Waals surface area (Å²) in [5.41, 5.74) is 8.15. The molecule has 0 aliphatic heterocycles. The number of nitrogens with two attached hydrogens (primary N) is 1. The molecule has 14 heavy (non-hydrogen) atoms. The molecule has 0 aliphatic rings. The lowest BCUT2D eigenvalue weighted by Crippen LogP contribution is -1.98. The molecule has 1 atom stereocenters. The van der Waals surface area contributed by atoms with E-state index in [0.717, 1.165) is 0 Å². The molecule has 1 nitrogen and oxygen atoms in total. The minimum absolute atomic E-state index is 0.634. The van der Waals surface area contributed by atoms with Crippen LogP contribution in [0.15, 0.2) is 23.1 Å². The number of aryl methyl sites for hydroxylation is 1. The fourth-order valence-electron chi connectivity index (χ4n) is 1.27. The van der Waals surface area contributed by atoms with E-state index in [1.165, 1.54) is 22.4 Å². The highest BCUT2D eigenvalue weighted by molar-refractivity contribution is 8.00. The summed E-state index contributed by atoms with van der Waals surface area (Å²) in [5, 5.41) is 0.692. The maximum absolute atomic E-state index is 5.59. The molecule has 1 aromatic rings. The van der Waals surface area contributed by atoms with Crippen LogP contribution >= 0.6 is 11.8 Å². The van der Waals surface area contributed by atoms with Gasteiger partial charge in [-0.3, -0.25) is 0 Å². The topological polar surface area (TPSA) is 26.0 Å². The van der Waals surface area contributed by atoms with Gasteiger partial charge in [0, 0.05) is 16.7 Å². The van der Waals surface area contributed by atoms with Gasteiger partial charge in [-0.1, -0.05) is 26.0 Å². The summed E-state index contributed by atoms with van der Waals surface area (Å²) in [6.07, 6.45) is 1.21. The summed E-state index contributed by atoms with van der Waals surface area (Å²) in [7, 11) is 0. The quantitative estimate of drug-likeness (QED) is 0.770. The van der Waals surface area contributed by atoms with E-state index in [1.54, 1.807) is 0 Å². The van der Waals surface area contributed by atoms with Crippen LogP contribution < -0.4 is 5.73 Å². The number of benzene rings is 1. The maximum atomic E-state index is 5.59. The first-order valence-corrected chi connectivity index (χ1v) is 6.01. The Labute approximate surface area is 91.1 Å². The van der Waals surface area contributed by atoms with Gasteiger partial charge >= 0.3 is 0 Å². The molecule has 2 heteroatoms. The van der Waals surface area contributed by atoms with Gasteiger partial charge in [0.15, 0.2) is 0 Å². The first-order chi connectivity index (χ1) is 6.67. The van der Waals surface area contributed by atoms with Gasteiger partial charge in [-0.25, -0.2) is 0 Å². The van der Waals surface area contributed by atoms with Crippen LogP contribution in [0.5, 0.6) is 0 Å². The average molecular weight is 209 g/mol. The van der Waals surface area contributed by atoms with Crippen LogP contribution in [0.2, 0.25) is 0 Å². The Hall–Kier alpha value is -0.470. The van der Waals surface area contributed by atoms with Gasteiger partial charge in [0.1, 0.15) is 0 Å². The Morgan fingerprint density at radius 2 is 2.14 bits per heavy atom. The zero-order valence-corrected chi connectivity index (χ0v) is 10.0. The van der Waals surface area contributed by atoms with Crippen molar-refractivity contribution in [2.24, 2.45) is 5.73 Å². The third-order valence-electron chi connectivity index (χ3n) is 2.38. The maximum Gasteiger partial charge on any atom is 0.0178 e. The van der Waals surface area contributed by atoms with Gasteiger partial charge < -0.3 is 5.73 Å². The normalized spacial score (nSPS) is 12.9. The summed E-state index contributed by atoms with van der Waals surface area (Å²) >= 11 is 1.95. The van der Waals surface area contributed by atoms with Crippen LogP contribution in [0.3, 0.4) is 0 Å². The molecule has 0 saturated heterocycles. The monoisotopic (exact) mass is 209 g/mol. The van der Waals surface area contributed by atoms with Crippen molar-refractivity contribution in [2.45, 2.75) is 43.9 Å². The Bertz CT molecular complexity index is 296. The summed E-state index contributed by atoms with van der Waals surface area (Å²) in [4.78, 5) is 1.39. The second-order valence-electron chi connectivity index (χ2n) is 3.64. The second kappa shape index (κ2) is 5.42. The Morgan fingerprint density at radius 3 is 2.64 bits per heavy atom. The third kappa shape index (κ3) is 3.03. The molecular formula is C12H19NS. The molecule has 0 aliphatic carbocycles. The van der Waals surface area contributed by atoms with E-state index in [2.05, 4.69) is 39.0 Å². The third-order valence-corrected chi connectivity index (χ3v) is 3.83. The molecule has 0 radical (unpaired) electrons. The minimum Gasteiger partial charge on any atom is -0.326 e. The van der Waals surface area contributed by atoms with E-state index in [0.29, 0.717) is 11.8 Å². The molecule has 0 saturated carbocycles. The summed E-state index contributed by atoms with van der Waals surface area (Å²) in [6.45, 7) is 7.28. The molecule has 0 fully saturated rings.